The molecule has 0 saturated carbocycles. The van der Waals surface area contributed by atoms with Crippen molar-refractivity contribution in [3.05, 3.63) is 98.8 Å². The van der Waals surface area contributed by atoms with E-state index < -0.39 is 5.63 Å². The zero-order valence-corrected chi connectivity index (χ0v) is 15.9. The number of benzene rings is 3. The molecule has 0 bridgehead atoms. The van der Waals surface area contributed by atoms with Crippen molar-refractivity contribution in [2.45, 2.75) is 0 Å². The first kappa shape index (κ1) is 18.3. The van der Waals surface area contributed by atoms with E-state index in [1.165, 1.54) is 6.07 Å². The second kappa shape index (κ2) is 7.50. The predicted octanol–water partition coefficient (Wildman–Crippen LogP) is 6.02. The first-order valence-electron chi connectivity index (χ1n) is 8.41. The van der Waals surface area contributed by atoms with E-state index in [9.17, 15) is 9.59 Å². The third-order valence-electron chi connectivity index (χ3n) is 4.25. The largest absolute Gasteiger partial charge is 0.422 e. The van der Waals surface area contributed by atoms with Gasteiger partial charge in [0.1, 0.15) is 5.58 Å². The summed E-state index contributed by atoms with van der Waals surface area (Å²) in [6, 6.07) is 20.7. The third-order valence-corrected chi connectivity index (χ3v) is 4.80. The number of hydrogen-bond acceptors (Lipinski definition) is 3. The Morgan fingerprint density at radius 2 is 1.71 bits per heavy atom. The van der Waals surface area contributed by atoms with E-state index in [4.69, 9.17) is 27.6 Å². The number of rotatable bonds is 3. The van der Waals surface area contributed by atoms with Crippen LogP contribution >= 0.6 is 23.2 Å². The minimum absolute atomic E-state index is 0.260. The topological polar surface area (TPSA) is 59.3 Å². The number of carbonyl (C=O) groups is 1. The van der Waals surface area contributed by atoms with Gasteiger partial charge in [0, 0.05) is 16.1 Å². The predicted molar refractivity (Wildman–Crippen MR) is 112 cm³/mol. The standard InChI is InChI=1S/C22H13Cl2NO3/c23-15-8-9-17(19(24)12-15)21(26)25-16-6-3-5-13(10-16)18-11-14-4-1-2-7-20(14)28-22(18)27/h1-12H,(H,25,26). The van der Waals surface area contributed by atoms with Crippen molar-refractivity contribution in [2.75, 3.05) is 5.32 Å². The quantitative estimate of drug-likeness (QED) is 0.420. The monoisotopic (exact) mass is 409 g/mol. The highest BCUT2D eigenvalue weighted by Gasteiger charge is 2.13. The molecule has 28 heavy (non-hydrogen) atoms. The van der Waals surface area contributed by atoms with Gasteiger partial charge >= 0.3 is 5.63 Å². The molecule has 1 heterocycles. The van der Waals surface area contributed by atoms with Gasteiger partial charge in [0.2, 0.25) is 0 Å². The minimum Gasteiger partial charge on any atom is -0.422 e. The van der Waals surface area contributed by atoms with Gasteiger partial charge in [0.15, 0.2) is 0 Å². The Kier molecular flexibility index (Phi) is 4.90. The lowest BCUT2D eigenvalue weighted by atomic mass is 10.1. The fourth-order valence-corrected chi connectivity index (χ4v) is 3.39. The Bertz CT molecular complexity index is 1260. The highest BCUT2D eigenvalue weighted by molar-refractivity contribution is 6.37. The smallest absolute Gasteiger partial charge is 0.344 e. The van der Waals surface area contributed by atoms with Gasteiger partial charge in [-0.3, -0.25) is 4.79 Å². The molecule has 0 aliphatic rings. The van der Waals surface area contributed by atoms with Crippen LogP contribution in [0.3, 0.4) is 0 Å². The molecular formula is C22H13Cl2NO3. The van der Waals surface area contributed by atoms with Gasteiger partial charge in [-0.1, -0.05) is 53.5 Å². The summed E-state index contributed by atoms with van der Waals surface area (Å²) in [6.45, 7) is 0. The number of para-hydroxylation sites is 1. The molecule has 0 fully saturated rings. The van der Waals surface area contributed by atoms with Gasteiger partial charge < -0.3 is 9.73 Å². The Morgan fingerprint density at radius 3 is 2.54 bits per heavy atom. The van der Waals surface area contributed by atoms with Gasteiger partial charge in [-0.05, 0) is 48.0 Å². The molecule has 0 radical (unpaired) electrons. The van der Waals surface area contributed by atoms with Crippen molar-refractivity contribution in [2.24, 2.45) is 0 Å². The number of anilines is 1. The highest BCUT2D eigenvalue weighted by atomic mass is 35.5. The van der Waals surface area contributed by atoms with Crippen LogP contribution in [0, 0.1) is 0 Å². The molecule has 0 aliphatic carbocycles. The fourth-order valence-electron chi connectivity index (χ4n) is 2.90. The Hall–Kier alpha value is -3.08. The van der Waals surface area contributed by atoms with Gasteiger partial charge in [0.25, 0.3) is 5.91 Å². The molecule has 6 heteroatoms. The molecule has 138 valence electrons. The zero-order chi connectivity index (χ0) is 19.7. The number of carbonyl (C=O) groups excluding carboxylic acids is 1. The van der Waals surface area contributed by atoms with E-state index in [-0.39, 0.29) is 10.9 Å². The summed E-state index contributed by atoms with van der Waals surface area (Å²) in [4.78, 5) is 24.9. The molecule has 4 nitrogen and oxygen atoms in total. The van der Waals surface area contributed by atoms with Crippen molar-refractivity contribution < 1.29 is 9.21 Å². The van der Waals surface area contributed by atoms with Crippen LogP contribution in [0.15, 0.2) is 82.0 Å². The number of fused-ring (bicyclic) bond motifs is 1. The van der Waals surface area contributed by atoms with E-state index in [0.29, 0.717) is 33.0 Å². The lowest BCUT2D eigenvalue weighted by molar-refractivity contribution is 0.102. The highest BCUT2D eigenvalue weighted by Crippen LogP contribution is 2.25. The fraction of sp³-hybridized carbons (Fsp3) is 0. The maximum absolute atomic E-state index is 12.5. The van der Waals surface area contributed by atoms with E-state index in [0.717, 1.165) is 5.39 Å². The Labute approximate surface area is 170 Å². The molecule has 0 unspecified atom stereocenters. The van der Waals surface area contributed by atoms with Gasteiger partial charge in [0.05, 0.1) is 16.1 Å². The molecule has 0 spiro atoms. The molecule has 1 amide bonds. The van der Waals surface area contributed by atoms with Crippen molar-refractivity contribution >= 4 is 45.8 Å². The van der Waals surface area contributed by atoms with E-state index in [2.05, 4.69) is 5.32 Å². The van der Waals surface area contributed by atoms with Gasteiger partial charge in [-0.2, -0.15) is 0 Å². The van der Waals surface area contributed by atoms with Crippen LogP contribution in [0.25, 0.3) is 22.1 Å². The first-order chi connectivity index (χ1) is 13.5. The molecule has 4 rings (SSSR count). The molecule has 0 atom stereocenters. The van der Waals surface area contributed by atoms with E-state index in [1.54, 1.807) is 48.5 Å². The van der Waals surface area contributed by atoms with Crippen molar-refractivity contribution in [3.63, 3.8) is 0 Å². The molecular weight excluding hydrogens is 397 g/mol. The van der Waals surface area contributed by atoms with Crippen molar-refractivity contribution in [1.29, 1.82) is 0 Å². The lowest BCUT2D eigenvalue weighted by Gasteiger charge is -2.09. The summed E-state index contributed by atoms with van der Waals surface area (Å²) >= 11 is 12.0. The maximum atomic E-state index is 12.5. The third kappa shape index (κ3) is 3.65. The number of amides is 1. The molecule has 4 aromatic rings. The minimum atomic E-state index is -0.442. The van der Waals surface area contributed by atoms with Crippen LogP contribution in [0.5, 0.6) is 0 Å². The molecule has 0 aliphatic heterocycles. The van der Waals surface area contributed by atoms with Crippen LogP contribution in [-0.2, 0) is 0 Å². The van der Waals surface area contributed by atoms with Crippen LogP contribution < -0.4 is 10.9 Å². The summed E-state index contributed by atoms with van der Waals surface area (Å²) < 4.78 is 5.39. The lowest BCUT2D eigenvalue weighted by Crippen LogP contribution is -2.12. The SMILES string of the molecule is O=C(Nc1cccc(-c2cc3ccccc3oc2=O)c1)c1ccc(Cl)cc1Cl. The second-order valence-electron chi connectivity index (χ2n) is 6.14. The van der Waals surface area contributed by atoms with Crippen LogP contribution in [0.1, 0.15) is 10.4 Å². The summed E-state index contributed by atoms with van der Waals surface area (Å²) in [5.74, 6) is -0.371. The van der Waals surface area contributed by atoms with Crippen molar-refractivity contribution in [3.8, 4) is 11.1 Å². The van der Waals surface area contributed by atoms with Crippen molar-refractivity contribution in [1.82, 2.24) is 0 Å². The Morgan fingerprint density at radius 1 is 0.893 bits per heavy atom. The van der Waals surface area contributed by atoms with Crippen LogP contribution in [-0.4, -0.2) is 5.91 Å². The zero-order valence-electron chi connectivity index (χ0n) is 14.4. The Balaban J connectivity index is 1.68. The van der Waals surface area contributed by atoms with Gasteiger partial charge in [-0.15, -0.1) is 0 Å². The number of halogens is 2. The second-order valence-corrected chi connectivity index (χ2v) is 6.99. The number of hydrogen-bond donors (Lipinski definition) is 1. The average molecular weight is 410 g/mol. The van der Waals surface area contributed by atoms with E-state index >= 15 is 0 Å². The summed E-state index contributed by atoms with van der Waals surface area (Å²) in [6.07, 6.45) is 0. The summed E-state index contributed by atoms with van der Waals surface area (Å²) in [5, 5.41) is 4.32. The maximum Gasteiger partial charge on any atom is 0.344 e. The molecule has 1 N–H and O–H groups in total. The normalized spacial score (nSPS) is 10.8. The average Bonchev–Trinajstić information content (AvgIpc) is 2.67. The molecule has 3 aromatic carbocycles. The number of nitrogens with one attached hydrogen (secondary N) is 1. The summed E-state index contributed by atoms with van der Waals surface area (Å²) in [5.41, 5.74) is 1.97. The molecule has 1 aromatic heterocycles. The summed E-state index contributed by atoms with van der Waals surface area (Å²) in [7, 11) is 0. The van der Waals surface area contributed by atoms with E-state index in [1.807, 2.05) is 18.2 Å². The van der Waals surface area contributed by atoms with Crippen LogP contribution in [0.2, 0.25) is 10.0 Å². The van der Waals surface area contributed by atoms with Crippen LogP contribution in [0.4, 0.5) is 5.69 Å². The van der Waals surface area contributed by atoms with Gasteiger partial charge in [-0.25, -0.2) is 4.79 Å². The molecule has 0 saturated heterocycles. The first-order valence-corrected chi connectivity index (χ1v) is 9.16.